The second kappa shape index (κ2) is 7.77. The molecule has 0 atom stereocenters. The minimum Gasteiger partial charge on any atom is -0.464 e. The van der Waals surface area contributed by atoms with E-state index in [-0.39, 0.29) is 5.91 Å². The van der Waals surface area contributed by atoms with E-state index in [1.807, 2.05) is 17.2 Å². The zero-order chi connectivity index (χ0) is 19.8. The van der Waals surface area contributed by atoms with E-state index in [1.165, 1.54) is 36.8 Å². The molecule has 5 heteroatoms. The van der Waals surface area contributed by atoms with Crippen LogP contribution in [0.5, 0.6) is 0 Å². The number of rotatable bonds is 5. The molecule has 5 nitrogen and oxygen atoms in total. The van der Waals surface area contributed by atoms with Crippen LogP contribution in [0.1, 0.15) is 56.4 Å². The summed E-state index contributed by atoms with van der Waals surface area (Å²) in [7, 11) is 0. The molecule has 2 saturated heterocycles. The largest absolute Gasteiger partial charge is 0.464 e. The molecule has 29 heavy (non-hydrogen) atoms. The molecule has 2 aliphatic heterocycles. The quantitative estimate of drug-likeness (QED) is 0.836. The van der Waals surface area contributed by atoms with E-state index in [2.05, 4.69) is 23.1 Å². The number of carbonyl (C=O) groups is 1. The molecular formula is C24H32N2O3. The zero-order valence-electron chi connectivity index (χ0n) is 17.2. The number of amides is 1. The Morgan fingerprint density at radius 1 is 1.07 bits per heavy atom. The normalized spacial score (nSPS) is 23.6. The van der Waals surface area contributed by atoms with Crippen LogP contribution in [0.4, 0.5) is 0 Å². The smallest absolute Gasteiger partial charge is 0.254 e. The fourth-order valence-electron chi connectivity index (χ4n) is 5.20. The molecule has 156 valence electrons. The highest BCUT2D eigenvalue weighted by Crippen LogP contribution is 2.38. The Balaban J connectivity index is 1.06. The van der Waals surface area contributed by atoms with Crippen LogP contribution in [0.3, 0.4) is 0 Å². The van der Waals surface area contributed by atoms with Crippen LogP contribution in [-0.4, -0.2) is 59.1 Å². The number of aliphatic hydroxyl groups is 1. The Bertz CT molecular complexity index is 856. The molecule has 0 spiro atoms. The maximum absolute atomic E-state index is 12.3. The molecule has 1 amide bonds. The maximum atomic E-state index is 12.3. The van der Waals surface area contributed by atoms with Crippen LogP contribution in [0, 0.1) is 5.92 Å². The van der Waals surface area contributed by atoms with E-state index in [0.29, 0.717) is 24.7 Å². The minimum absolute atomic E-state index is 0.0233. The van der Waals surface area contributed by atoms with Gasteiger partial charge >= 0.3 is 0 Å². The van der Waals surface area contributed by atoms with E-state index in [0.717, 1.165) is 44.6 Å². The van der Waals surface area contributed by atoms with Crippen molar-refractivity contribution < 1.29 is 14.3 Å². The summed E-state index contributed by atoms with van der Waals surface area (Å²) >= 11 is 0. The fourth-order valence-corrected chi connectivity index (χ4v) is 5.20. The van der Waals surface area contributed by atoms with E-state index in [9.17, 15) is 9.90 Å². The van der Waals surface area contributed by atoms with Crippen molar-refractivity contribution in [3.8, 4) is 0 Å². The van der Waals surface area contributed by atoms with Gasteiger partial charge in [-0.3, -0.25) is 4.79 Å². The van der Waals surface area contributed by atoms with E-state index >= 15 is 0 Å². The SMILES string of the molecule is O=C(N1CCC(CCN2CCC(c3coc4ccccc34)CC2)CC1)C1(O)CC1. The van der Waals surface area contributed by atoms with Gasteiger partial charge < -0.3 is 19.3 Å². The van der Waals surface area contributed by atoms with Gasteiger partial charge in [0.25, 0.3) is 5.91 Å². The van der Waals surface area contributed by atoms with Crippen molar-refractivity contribution in [3.63, 3.8) is 0 Å². The summed E-state index contributed by atoms with van der Waals surface area (Å²) in [6, 6.07) is 8.37. The van der Waals surface area contributed by atoms with E-state index in [4.69, 9.17) is 4.42 Å². The van der Waals surface area contributed by atoms with Gasteiger partial charge in [-0.1, -0.05) is 18.2 Å². The van der Waals surface area contributed by atoms with Gasteiger partial charge in [-0.25, -0.2) is 0 Å². The molecule has 3 fully saturated rings. The van der Waals surface area contributed by atoms with Crippen LogP contribution >= 0.6 is 0 Å². The number of hydrogen-bond donors (Lipinski definition) is 1. The number of hydrogen-bond acceptors (Lipinski definition) is 4. The first-order valence-corrected chi connectivity index (χ1v) is 11.3. The van der Waals surface area contributed by atoms with Gasteiger partial charge in [-0.05, 0) is 82.5 Å². The van der Waals surface area contributed by atoms with Crippen molar-refractivity contribution in [2.24, 2.45) is 5.92 Å². The highest BCUT2D eigenvalue weighted by Gasteiger charge is 2.50. The molecule has 1 N–H and O–H groups in total. The molecule has 1 aromatic heterocycles. The third kappa shape index (κ3) is 3.95. The Morgan fingerprint density at radius 3 is 2.52 bits per heavy atom. The Kier molecular flexibility index (Phi) is 5.12. The van der Waals surface area contributed by atoms with Crippen molar-refractivity contribution in [1.29, 1.82) is 0 Å². The Morgan fingerprint density at radius 2 is 1.79 bits per heavy atom. The topological polar surface area (TPSA) is 56.9 Å². The molecule has 2 aromatic rings. The standard InChI is InChI=1S/C24H32N2O3/c27-23(24(28)10-11-24)26-15-6-18(7-16-26)5-12-25-13-8-19(9-14-25)21-17-29-22-4-2-1-3-20(21)22/h1-4,17-19,28H,5-16H2. The van der Waals surface area contributed by atoms with Crippen molar-refractivity contribution in [2.45, 2.75) is 56.5 Å². The van der Waals surface area contributed by atoms with Crippen LogP contribution < -0.4 is 0 Å². The average molecular weight is 397 g/mol. The number of piperidine rings is 2. The highest BCUT2D eigenvalue weighted by atomic mass is 16.3. The van der Waals surface area contributed by atoms with Crippen LogP contribution in [0.15, 0.2) is 34.9 Å². The molecule has 1 saturated carbocycles. The third-order valence-electron chi connectivity index (χ3n) is 7.42. The molecule has 5 rings (SSSR count). The van der Waals surface area contributed by atoms with E-state index < -0.39 is 5.60 Å². The molecule has 0 unspecified atom stereocenters. The fraction of sp³-hybridized carbons (Fsp3) is 0.625. The van der Waals surface area contributed by atoms with Crippen molar-refractivity contribution >= 4 is 16.9 Å². The predicted molar refractivity (Wildman–Crippen MR) is 113 cm³/mol. The molecule has 3 aliphatic rings. The van der Waals surface area contributed by atoms with Crippen LogP contribution in [-0.2, 0) is 4.79 Å². The van der Waals surface area contributed by atoms with Crippen LogP contribution in [0.25, 0.3) is 11.0 Å². The summed E-state index contributed by atoms with van der Waals surface area (Å²) in [5.74, 6) is 1.30. The van der Waals surface area contributed by atoms with Gasteiger partial charge in [-0.2, -0.15) is 0 Å². The van der Waals surface area contributed by atoms with Crippen LogP contribution in [0.2, 0.25) is 0 Å². The van der Waals surface area contributed by atoms with Crippen molar-refractivity contribution in [2.75, 3.05) is 32.7 Å². The van der Waals surface area contributed by atoms with Gasteiger partial charge in [-0.15, -0.1) is 0 Å². The molecule has 1 aromatic carbocycles. The lowest BCUT2D eigenvalue weighted by Gasteiger charge is -2.36. The third-order valence-corrected chi connectivity index (χ3v) is 7.42. The highest BCUT2D eigenvalue weighted by molar-refractivity contribution is 5.87. The minimum atomic E-state index is -1.00. The average Bonchev–Trinajstić information content (AvgIpc) is 3.38. The lowest BCUT2D eigenvalue weighted by Crippen LogP contribution is -2.45. The summed E-state index contributed by atoms with van der Waals surface area (Å²) in [5.41, 5.74) is 1.38. The lowest BCUT2D eigenvalue weighted by atomic mass is 9.88. The summed E-state index contributed by atoms with van der Waals surface area (Å²) in [6.45, 7) is 5.13. The summed E-state index contributed by atoms with van der Waals surface area (Å²) < 4.78 is 5.75. The first-order chi connectivity index (χ1) is 14.1. The summed E-state index contributed by atoms with van der Waals surface area (Å²) in [6.07, 6.45) is 9.07. The first-order valence-electron chi connectivity index (χ1n) is 11.3. The number of carbonyl (C=O) groups excluding carboxylic acids is 1. The number of para-hydroxylation sites is 1. The lowest BCUT2D eigenvalue weighted by molar-refractivity contribution is -0.143. The number of furan rings is 1. The Labute approximate surface area is 172 Å². The maximum Gasteiger partial charge on any atom is 0.254 e. The molecule has 0 bridgehead atoms. The number of likely N-dealkylation sites (tertiary alicyclic amines) is 2. The summed E-state index contributed by atoms with van der Waals surface area (Å²) in [4.78, 5) is 16.8. The first kappa shape index (κ1) is 19.1. The van der Waals surface area contributed by atoms with Gasteiger partial charge in [0.2, 0.25) is 0 Å². The van der Waals surface area contributed by atoms with Gasteiger partial charge in [0.05, 0.1) is 6.26 Å². The predicted octanol–water partition coefficient (Wildman–Crippen LogP) is 3.77. The van der Waals surface area contributed by atoms with Gasteiger partial charge in [0, 0.05) is 24.0 Å². The molecule has 1 aliphatic carbocycles. The molecule has 3 heterocycles. The number of benzene rings is 1. The van der Waals surface area contributed by atoms with Crippen molar-refractivity contribution in [1.82, 2.24) is 9.80 Å². The zero-order valence-corrected chi connectivity index (χ0v) is 17.2. The Hall–Kier alpha value is -1.85. The monoisotopic (exact) mass is 396 g/mol. The van der Waals surface area contributed by atoms with E-state index in [1.54, 1.807) is 0 Å². The number of fused-ring (bicyclic) bond motifs is 1. The number of nitrogens with zero attached hydrogens (tertiary/aromatic N) is 2. The van der Waals surface area contributed by atoms with Crippen molar-refractivity contribution in [3.05, 3.63) is 36.1 Å². The summed E-state index contributed by atoms with van der Waals surface area (Å²) in [5, 5.41) is 11.3. The van der Waals surface area contributed by atoms with Gasteiger partial charge in [0.15, 0.2) is 0 Å². The molecule has 0 radical (unpaired) electrons. The van der Waals surface area contributed by atoms with Gasteiger partial charge in [0.1, 0.15) is 11.2 Å². The molecular weight excluding hydrogens is 364 g/mol. The second-order valence-corrected chi connectivity index (χ2v) is 9.36. The second-order valence-electron chi connectivity index (χ2n) is 9.36.